The molecule has 1 rings (SSSR count). The smallest absolute Gasteiger partial charge is 0.326 e. The summed E-state index contributed by atoms with van der Waals surface area (Å²) < 4.78 is 0. The number of rotatable bonds is 6. The lowest BCUT2D eigenvalue weighted by Gasteiger charge is -2.35. The average molecular weight is 300 g/mol. The Morgan fingerprint density at radius 2 is 1.76 bits per heavy atom. The molecule has 21 heavy (non-hydrogen) atoms. The molecule has 0 heterocycles. The molecule has 0 aliphatic heterocycles. The van der Waals surface area contributed by atoms with Gasteiger partial charge in [-0.3, -0.25) is 4.79 Å². The van der Waals surface area contributed by atoms with E-state index < -0.39 is 30.4 Å². The van der Waals surface area contributed by atoms with E-state index in [-0.39, 0.29) is 6.04 Å². The molecule has 0 bridgehead atoms. The fraction of sp³-hybridized carbons (Fsp3) is 0.786. The number of hydrogen-bond donors (Lipinski definition) is 4. The van der Waals surface area contributed by atoms with E-state index in [0.29, 0.717) is 11.8 Å². The first kappa shape index (κ1) is 17.3. The zero-order chi connectivity index (χ0) is 16.0. The van der Waals surface area contributed by atoms with Crippen LogP contribution < -0.4 is 10.6 Å². The third-order valence-corrected chi connectivity index (χ3v) is 3.97. The molecule has 0 aromatic carbocycles. The maximum atomic E-state index is 11.9. The van der Waals surface area contributed by atoms with Crippen molar-refractivity contribution in [2.75, 3.05) is 0 Å². The fourth-order valence-corrected chi connectivity index (χ4v) is 2.88. The van der Waals surface area contributed by atoms with Crippen LogP contribution in [0.3, 0.4) is 0 Å². The van der Waals surface area contributed by atoms with Crippen molar-refractivity contribution in [1.29, 1.82) is 0 Å². The normalized spacial score (nSPS) is 23.4. The number of urea groups is 1. The highest BCUT2D eigenvalue weighted by molar-refractivity contribution is 5.86. The lowest BCUT2D eigenvalue weighted by molar-refractivity contribution is -0.145. The summed E-state index contributed by atoms with van der Waals surface area (Å²) in [4.78, 5) is 33.4. The molecule has 4 N–H and O–H groups in total. The first-order valence-electron chi connectivity index (χ1n) is 7.33. The summed E-state index contributed by atoms with van der Waals surface area (Å²) in [6.07, 6.45) is 3.44. The van der Waals surface area contributed by atoms with Crippen LogP contribution in [0.25, 0.3) is 0 Å². The molecule has 1 saturated carbocycles. The molecule has 7 heteroatoms. The lowest BCUT2D eigenvalue weighted by atomic mass is 9.78. The standard InChI is InChI=1S/C14H24N2O5/c1-8(2)9-5-3-4-6-10(9)15-14(21)16-11(13(19)20)7-12(17)18/h8-11H,3-7H2,1-2H3,(H,17,18)(H,19,20)(H2,15,16,21). The molecule has 1 aliphatic carbocycles. The van der Waals surface area contributed by atoms with Gasteiger partial charge in [0.25, 0.3) is 0 Å². The van der Waals surface area contributed by atoms with Crippen molar-refractivity contribution in [2.24, 2.45) is 11.8 Å². The maximum absolute atomic E-state index is 11.9. The van der Waals surface area contributed by atoms with Crippen molar-refractivity contribution in [3.05, 3.63) is 0 Å². The number of aliphatic carboxylic acids is 2. The van der Waals surface area contributed by atoms with Crippen LogP contribution in [0.4, 0.5) is 4.79 Å². The highest BCUT2D eigenvalue weighted by atomic mass is 16.4. The summed E-state index contributed by atoms with van der Waals surface area (Å²) in [7, 11) is 0. The van der Waals surface area contributed by atoms with Crippen molar-refractivity contribution in [3.8, 4) is 0 Å². The molecule has 3 unspecified atom stereocenters. The Balaban J connectivity index is 2.57. The molecule has 1 aliphatic rings. The van der Waals surface area contributed by atoms with Gasteiger partial charge in [-0.15, -0.1) is 0 Å². The molecule has 1 fully saturated rings. The predicted octanol–water partition coefficient (Wildman–Crippen LogP) is 1.43. The number of carboxylic acid groups (broad SMARTS) is 2. The Morgan fingerprint density at radius 1 is 1.14 bits per heavy atom. The number of amides is 2. The van der Waals surface area contributed by atoms with Crippen LogP contribution in [0.1, 0.15) is 46.0 Å². The van der Waals surface area contributed by atoms with E-state index in [1.165, 1.54) is 0 Å². The van der Waals surface area contributed by atoms with E-state index in [0.717, 1.165) is 25.7 Å². The Labute approximate surface area is 124 Å². The van der Waals surface area contributed by atoms with E-state index >= 15 is 0 Å². The monoisotopic (exact) mass is 300 g/mol. The molecule has 0 aromatic heterocycles. The number of carbonyl (C=O) groups is 3. The second kappa shape index (κ2) is 7.85. The van der Waals surface area contributed by atoms with Gasteiger partial charge in [0.05, 0.1) is 6.42 Å². The average Bonchev–Trinajstić information content (AvgIpc) is 2.37. The highest BCUT2D eigenvalue weighted by Crippen LogP contribution is 2.30. The van der Waals surface area contributed by atoms with Crippen LogP contribution >= 0.6 is 0 Å². The predicted molar refractivity (Wildman–Crippen MR) is 75.9 cm³/mol. The van der Waals surface area contributed by atoms with Crippen molar-refractivity contribution >= 4 is 18.0 Å². The third kappa shape index (κ3) is 5.61. The molecule has 3 atom stereocenters. The van der Waals surface area contributed by atoms with E-state index in [2.05, 4.69) is 24.5 Å². The molecule has 7 nitrogen and oxygen atoms in total. The minimum absolute atomic E-state index is 0.0121. The molecular formula is C14H24N2O5. The summed E-state index contributed by atoms with van der Waals surface area (Å²) in [6, 6.07) is -2.01. The molecule has 0 saturated heterocycles. The second-order valence-corrected chi connectivity index (χ2v) is 5.91. The van der Waals surface area contributed by atoms with Gasteiger partial charge in [-0.1, -0.05) is 26.7 Å². The summed E-state index contributed by atoms with van der Waals surface area (Å²) in [5.74, 6) is -1.81. The first-order valence-corrected chi connectivity index (χ1v) is 7.33. The van der Waals surface area contributed by atoms with Crippen LogP contribution in [0.5, 0.6) is 0 Å². The molecular weight excluding hydrogens is 276 g/mol. The zero-order valence-corrected chi connectivity index (χ0v) is 12.5. The van der Waals surface area contributed by atoms with Crippen LogP contribution in [0, 0.1) is 11.8 Å². The SMILES string of the molecule is CC(C)C1CCCCC1NC(=O)NC(CC(=O)O)C(=O)O. The molecule has 0 aromatic rings. The minimum Gasteiger partial charge on any atom is -0.481 e. The Kier molecular flexibility index (Phi) is 6.45. The van der Waals surface area contributed by atoms with Crippen molar-refractivity contribution in [2.45, 2.75) is 58.0 Å². The maximum Gasteiger partial charge on any atom is 0.326 e. The summed E-state index contributed by atoms with van der Waals surface area (Å²) in [5, 5.41) is 22.6. The van der Waals surface area contributed by atoms with Crippen LogP contribution in [0.2, 0.25) is 0 Å². The van der Waals surface area contributed by atoms with Crippen molar-refractivity contribution in [1.82, 2.24) is 10.6 Å². The number of carbonyl (C=O) groups excluding carboxylic acids is 1. The summed E-state index contributed by atoms with van der Waals surface area (Å²) in [5.41, 5.74) is 0. The molecule has 120 valence electrons. The highest BCUT2D eigenvalue weighted by Gasteiger charge is 2.30. The Hall–Kier alpha value is -1.79. The third-order valence-electron chi connectivity index (χ3n) is 3.97. The van der Waals surface area contributed by atoms with Gasteiger partial charge in [0.1, 0.15) is 6.04 Å². The lowest BCUT2D eigenvalue weighted by Crippen LogP contribution is -2.52. The van der Waals surface area contributed by atoms with Crippen LogP contribution in [-0.2, 0) is 9.59 Å². The van der Waals surface area contributed by atoms with Gasteiger partial charge in [0.2, 0.25) is 0 Å². The largest absolute Gasteiger partial charge is 0.481 e. The topological polar surface area (TPSA) is 116 Å². The van der Waals surface area contributed by atoms with Crippen molar-refractivity contribution in [3.63, 3.8) is 0 Å². The van der Waals surface area contributed by atoms with E-state index in [4.69, 9.17) is 10.2 Å². The molecule has 0 radical (unpaired) electrons. The quantitative estimate of drug-likeness (QED) is 0.592. The molecule has 0 spiro atoms. The number of hydrogen-bond acceptors (Lipinski definition) is 3. The summed E-state index contributed by atoms with van der Waals surface area (Å²) in [6.45, 7) is 4.21. The minimum atomic E-state index is -1.41. The van der Waals surface area contributed by atoms with Gasteiger partial charge < -0.3 is 20.8 Å². The van der Waals surface area contributed by atoms with Gasteiger partial charge in [0, 0.05) is 6.04 Å². The van der Waals surface area contributed by atoms with Gasteiger partial charge in [-0.2, -0.15) is 0 Å². The second-order valence-electron chi connectivity index (χ2n) is 5.91. The van der Waals surface area contributed by atoms with Gasteiger partial charge in [0.15, 0.2) is 0 Å². The number of carboxylic acids is 2. The van der Waals surface area contributed by atoms with E-state index in [1.807, 2.05) is 0 Å². The summed E-state index contributed by atoms with van der Waals surface area (Å²) >= 11 is 0. The molecule has 2 amide bonds. The van der Waals surface area contributed by atoms with Crippen molar-refractivity contribution < 1.29 is 24.6 Å². The van der Waals surface area contributed by atoms with E-state index in [1.54, 1.807) is 0 Å². The zero-order valence-electron chi connectivity index (χ0n) is 12.5. The van der Waals surface area contributed by atoms with Gasteiger partial charge in [-0.05, 0) is 24.7 Å². The van der Waals surface area contributed by atoms with Crippen LogP contribution in [0.15, 0.2) is 0 Å². The Morgan fingerprint density at radius 3 is 2.29 bits per heavy atom. The van der Waals surface area contributed by atoms with Gasteiger partial charge in [-0.25, -0.2) is 9.59 Å². The van der Waals surface area contributed by atoms with E-state index in [9.17, 15) is 14.4 Å². The fourth-order valence-electron chi connectivity index (χ4n) is 2.88. The van der Waals surface area contributed by atoms with Crippen LogP contribution in [-0.4, -0.2) is 40.3 Å². The number of nitrogens with one attached hydrogen (secondary N) is 2. The first-order chi connectivity index (χ1) is 9.81. The Bertz CT molecular complexity index is 397. The van der Waals surface area contributed by atoms with Gasteiger partial charge >= 0.3 is 18.0 Å².